The maximum atomic E-state index is 6.33. The number of halogens is 1. The maximum absolute atomic E-state index is 6.33. The second-order valence-corrected chi connectivity index (χ2v) is 6.99. The Morgan fingerprint density at radius 2 is 1.72 bits per heavy atom. The van der Waals surface area contributed by atoms with E-state index in [1.165, 1.54) is 0 Å². The Morgan fingerprint density at radius 1 is 1.00 bits per heavy atom. The molecule has 3 heterocycles. The van der Waals surface area contributed by atoms with Gasteiger partial charge in [-0.2, -0.15) is 0 Å². The molecule has 0 unspecified atom stereocenters. The van der Waals surface area contributed by atoms with Gasteiger partial charge in [-0.3, -0.25) is 9.80 Å². The average molecular weight is 364 g/mol. The first-order valence-corrected chi connectivity index (χ1v) is 9.00. The summed E-state index contributed by atoms with van der Waals surface area (Å²) in [5.74, 6) is 2.29. The van der Waals surface area contributed by atoms with E-state index >= 15 is 0 Å². The van der Waals surface area contributed by atoms with Crippen LogP contribution in [0.3, 0.4) is 0 Å². The van der Waals surface area contributed by atoms with Gasteiger partial charge in [0.1, 0.15) is 19.0 Å². The molecule has 0 spiro atoms. The molecular formula is C18H22ClN3O3. The van der Waals surface area contributed by atoms with Gasteiger partial charge >= 0.3 is 0 Å². The third-order valence-corrected chi connectivity index (χ3v) is 4.87. The highest BCUT2D eigenvalue weighted by molar-refractivity contribution is 6.32. The lowest BCUT2D eigenvalue weighted by Crippen LogP contribution is -2.45. The highest BCUT2D eigenvalue weighted by Crippen LogP contribution is 2.38. The first kappa shape index (κ1) is 16.7. The Morgan fingerprint density at radius 3 is 2.44 bits per heavy atom. The summed E-state index contributed by atoms with van der Waals surface area (Å²) in [6, 6.07) is 6.04. The highest BCUT2D eigenvalue weighted by Gasteiger charge is 2.21. The van der Waals surface area contributed by atoms with Crippen LogP contribution in [0.25, 0.3) is 0 Å². The summed E-state index contributed by atoms with van der Waals surface area (Å²) in [6.45, 7) is 8.84. The number of piperazine rings is 1. The normalized spacial score (nSPS) is 18.5. The van der Waals surface area contributed by atoms with E-state index in [0.29, 0.717) is 24.0 Å². The first-order chi connectivity index (χ1) is 12.2. The number of ether oxygens (including phenoxy) is 2. The monoisotopic (exact) mass is 363 g/mol. The van der Waals surface area contributed by atoms with E-state index < -0.39 is 0 Å². The minimum atomic E-state index is 0.555. The number of aromatic nitrogens is 1. The number of fused-ring (bicyclic) bond motifs is 1. The van der Waals surface area contributed by atoms with Gasteiger partial charge in [0.25, 0.3) is 0 Å². The molecule has 0 aliphatic carbocycles. The minimum Gasteiger partial charge on any atom is -0.486 e. The zero-order valence-corrected chi connectivity index (χ0v) is 15.1. The van der Waals surface area contributed by atoms with Gasteiger partial charge in [0.05, 0.1) is 10.7 Å². The molecule has 1 aromatic carbocycles. The van der Waals surface area contributed by atoms with Crippen LogP contribution in [0, 0.1) is 6.92 Å². The molecule has 0 saturated carbocycles. The molecule has 2 aromatic rings. The molecule has 4 rings (SSSR count). The molecule has 1 aromatic heterocycles. The zero-order chi connectivity index (χ0) is 17.2. The molecule has 2 aliphatic rings. The van der Waals surface area contributed by atoms with Crippen LogP contribution in [-0.2, 0) is 13.1 Å². The smallest absolute Gasteiger partial charge is 0.179 e. The lowest BCUT2D eigenvalue weighted by Gasteiger charge is -2.34. The molecule has 134 valence electrons. The Kier molecular flexibility index (Phi) is 4.83. The second kappa shape index (κ2) is 7.23. The van der Waals surface area contributed by atoms with Crippen LogP contribution >= 0.6 is 11.6 Å². The molecule has 0 bridgehead atoms. The van der Waals surface area contributed by atoms with Gasteiger partial charge in [-0.1, -0.05) is 16.8 Å². The SMILES string of the molecule is Cc1cc(CN2CCN(Cc3cc(Cl)c4c(c3)OCCO4)CC2)no1. The average Bonchev–Trinajstić information content (AvgIpc) is 3.02. The van der Waals surface area contributed by atoms with Crippen LogP contribution in [0.1, 0.15) is 17.0 Å². The van der Waals surface area contributed by atoms with Crippen LogP contribution in [0.2, 0.25) is 5.02 Å². The summed E-state index contributed by atoms with van der Waals surface area (Å²) in [5, 5.41) is 4.71. The van der Waals surface area contributed by atoms with Crippen molar-refractivity contribution in [1.82, 2.24) is 15.0 Å². The molecule has 2 aliphatic heterocycles. The first-order valence-electron chi connectivity index (χ1n) is 8.62. The van der Waals surface area contributed by atoms with Crippen LogP contribution in [0.15, 0.2) is 22.7 Å². The van der Waals surface area contributed by atoms with E-state index in [4.69, 9.17) is 25.6 Å². The van der Waals surface area contributed by atoms with Crippen LogP contribution in [-0.4, -0.2) is 54.3 Å². The standard InChI is InChI=1S/C18H22ClN3O3/c1-13-8-15(20-25-13)12-22-4-2-21(3-5-22)11-14-9-16(19)18-17(10-14)23-6-7-24-18/h8-10H,2-7,11-12H2,1H3. The Balaban J connectivity index is 1.33. The molecular weight excluding hydrogens is 342 g/mol. The molecule has 0 radical (unpaired) electrons. The number of aryl methyl sites for hydroxylation is 1. The second-order valence-electron chi connectivity index (χ2n) is 6.58. The number of nitrogens with zero attached hydrogens (tertiary/aromatic N) is 3. The number of rotatable bonds is 4. The van der Waals surface area contributed by atoms with Crippen molar-refractivity contribution >= 4 is 11.6 Å². The molecule has 25 heavy (non-hydrogen) atoms. The molecule has 1 fully saturated rings. The predicted octanol–water partition coefficient (Wildman–Crippen LogP) is 2.73. The maximum Gasteiger partial charge on any atom is 0.179 e. The van der Waals surface area contributed by atoms with Crippen molar-refractivity contribution in [2.75, 3.05) is 39.4 Å². The van der Waals surface area contributed by atoms with E-state index in [9.17, 15) is 0 Å². The van der Waals surface area contributed by atoms with Gasteiger partial charge in [0.15, 0.2) is 11.5 Å². The van der Waals surface area contributed by atoms with E-state index in [1.54, 1.807) is 0 Å². The van der Waals surface area contributed by atoms with Crippen molar-refractivity contribution in [2.24, 2.45) is 0 Å². The van der Waals surface area contributed by atoms with E-state index in [-0.39, 0.29) is 0 Å². The number of hydrogen-bond donors (Lipinski definition) is 0. The molecule has 0 N–H and O–H groups in total. The number of hydrogen-bond acceptors (Lipinski definition) is 6. The predicted molar refractivity (Wildman–Crippen MR) is 94.2 cm³/mol. The highest BCUT2D eigenvalue weighted by atomic mass is 35.5. The fraction of sp³-hybridized carbons (Fsp3) is 0.500. The van der Waals surface area contributed by atoms with Crippen LogP contribution in [0.5, 0.6) is 11.5 Å². The summed E-state index contributed by atoms with van der Waals surface area (Å²) in [7, 11) is 0. The van der Waals surface area contributed by atoms with Gasteiger partial charge in [-0.15, -0.1) is 0 Å². The summed E-state index contributed by atoms with van der Waals surface area (Å²) in [6.07, 6.45) is 0. The van der Waals surface area contributed by atoms with Crippen molar-refractivity contribution in [2.45, 2.75) is 20.0 Å². The quantitative estimate of drug-likeness (QED) is 0.832. The van der Waals surface area contributed by atoms with Crippen molar-refractivity contribution in [3.05, 3.63) is 40.2 Å². The van der Waals surface area contributed by atoms with Gasteiger partial charge in [-0.05, 0) is 24.6 Å². The third kappa shape index (κ3) is 3.92. The minimum absolute atomic E-state index is 0.555. The fourth-order valence-corrected chi connectivity index (χ4v) is 3.63. The Hall–Kier alpha value is -1.76. The summed E-state index contributed by atoms with van der Waals surface area (Å²) >= 11 is 6.33. The Labute approximate surface area is 152 Å². The Bertz CT molecular complexity index is 741. The van der Waals surface area contributed by atoms with Gasteiger partial charge in [-0.25, -0.2) is 0 Å². The van der Waals surface area contributed by atoms with Crippen LogP contribution in [0.4, 0.5) is 0 Å². The molecule has 0 atom stereocenters. The van der Waals surface area contributed by atoms with E-state index in [0.717, 1.165) is 62.0 Å². The molecule has 0 amide bonds. The topological polar surface area (TPSA) is 51.0 Å². The lowest BCUT2D eigenvalue weighted by atomic mass is 10.1. The van der Waals surface area contributed by atoms with E-state index in [2.05, 4.69) is 15.0 Å². The van der Waals surface area contributed by atoms with Crippen molar-refractivity contribution < 1.29 is 14.0 Å². The third-order valence-electron chi connectivity index (χ3n) is 4.59. The van der Waals surface area contributed by atoms with Crippen molar-refractivity contribution in [3.8, 4) is 11.5 Å². The van der Waals surface area contributed by atoms with Gasteiger partial charge in [0, 0.05) is 45.3 Å². The van der Waals surface area contributed by atoms with Crippen LogP contribution < -0.4 is 9.47 Å². The largest absolute Gasteiger partial charge is 0.486 e. The van der Waals surface area contributed by atoms with E-state index in [1.807, 2.05) is 25.1 Å². The lowest BCUT2D eigenvalue weighted by molar-refractivity contribution is 0.119. The van der Waals surface area contributed by atoms with Crippen molar-refractivity contribution in [1.29, 1.82) is 0 Å². The summed E-state index contributed by atoms with van der Waals surface area (Å²) in [4.78, 5) is 4.84. The van der Waals surface area contributed by atoms with Gasteiger partial charge in [0.2, 0.25) is 0 Å². The fourth-order valence-electron chi connectivity index (χ4n) is 3.34. The zero-order valence-electron chi connectivity index (χ0n) is 14.3. The molecule has 6 nitrogen and oxygen atoms in total. The molecule has 7 heteroatoms. The summed E-state index contributed by atoms with van der Waals surface area (Å²) < 4.78 is 16.4. The van der Waals surface area contributed by atoms with Crippen molar-refractivity contribution in [3.63, 3.8) is 0 Å². The summed E-state index contributed by atoms with van der Waals surface area (Å²) in [5.41, 5.74) is 2.17. The molecule has 1 saturated heterocycles. The van der Waals surface area contributed by atoms with Gasteiger partial charge < -0.3 is 14.0 Å². The number of benzene rings is 1.